The smallest absolute Gasteiger partial charge is 0.339 e. The fraction of sp³-hybridized carbons (Fsp3) is 0.727. The summed E-state index contributed by atoms with van der Waals surface area (Å²) in [5.41, 5.74) is -2.38. The Hall–Kier alpha value is -1.67. The van der Waals surface area contributed by atoms with Crippen LogP contribution in [0.15, 0.2) is 0 Å². The van der Waals surface area contributed by atoms with Crippen LogP contribution in [-0.2, 0) is 28.6 Å². The lowest BCUT2D eigenvalue weighted by molar-refractivity contribution is -0.183. The van der Waals surface area contributed by atoms with E-state index in [9.17, 15) is 19.5 Å². The van der Waals surface area contributed by atoms with Gasteiger partial charge in [0.2, 0.25) is 0 Å². The second-order valence-electron chi connectivity index (χ2n) is 3.81. The molecule has 0 heterocycles. The van der Waals surface area contributed by atoms with Gasteiger partial charge in [0.05, 0.1) is 27.1 Å². The third-order valence-electron chi connectivity index (χ3n) is 2.28. The van der Waals surface area contributed by atoms with Crippen LogP contribution < -0.4 is 0 Å². The Balaban J connectivity index is 4.81. The Morgan fingerprint density at radius 3 is 2.05 bits per heavy atom. The summed E-state index contributed by atoms with van der Waals surface area (Å²) in [5.74, 6) is -3.09. The molecule has 0 aromatic carbocycles. The Morgan fingerprint density at radius 2 is 1.63 bits per heavy atom. The number of carbonyl (C=O) groups is 3. The Kier molecular flexibility index (Phi) is 7.02. The van der Waals surface area contributed by atoms with Gasteiger partial charge in [-0.25, -0.2) is 4.79 Å². The van der Waals surface area contributed by atoms with Crippen LogP contribution in [-0.4, -0.2) is 54.2 Å². The van der Waals surface area contributed by atoms with Crippen LogP contribution in [0.2, 0.25) is 0 Å². The van der Waals surface area contributed by atoms with Crippen molar-refractivity contribution < 1.29 is 38.8 Å². The number of aliphatic hydroxyl groups excluding tert-OH is 1. The number of methoxy groups -OCH3 is 2. The van der Waals surface area contributed by atoms with E-state index < -0.39 is 42.6 Å². The van der Waals surface area contributed by atoms with Gasteiger partial charge < -0.3 is 24.4 Å². The molecular formula is C11H18O8. The van der Waals surface area contributed by atoms with E-state index >= 15 is 0 Å². The highest BCUT2D eigenvalue weighted by Gasteiger charge is 2.43. The van der Waals surface area contributed by atoms with Gasteiger partial charge in [-0.1, -0.05) is 6.92 Å². The summed E-state index contributed by atoms with van der Waals surface area (Å²) in [7, 11) is 2.07. The summed E-state index contributed by atoms with van der Waals surface area (Å²) in [6.45, 7) is 1.57. The molecule has 0 aromatic rings. The van der Waals surface area contributed by atoms with Crippen molar-refractivity contribution in [2.24, 2.45) is 0 Å². The van der Waals surface area contributed by atoms with Gasteiger partial charge >= 0.3 is 17.9 Å². The van der Waals surface area contributed by atoms with Gasteiger partial charge in [-0.2, -0.15) is 0 Å². The van der Waals surface area contributed by atoms with Gasteiger partial charge in [0, 0.05) is 6.42 Å². The molecule has 8 nitrogen and oxygen atoms in total. The van der Waals surface area contributed by atoms with Crippen LogP contribution in [0, 0.1) is 0 Å². The second-order valence-corrected chi connectivity index (χ2v) is 3.81. The van der Waals surface area contributed by atoms with Gasteiger partial charge in [-0.3, -0.25) is 9.59 Å². The first-order valence-corrected chi connectivity index (χ1v) is 5.54. The zero-order valence-electron chi connectivity index (χ0n) is 11.0. The number of hydrogen-bond donors (Lipinski definition) is 2. The molecule has 8 heteroatoms. The third kappa shape index (κ3) is 5.66. The molecule has 19 heavy (non-hydrogen) atoms. The Bertz CT molecular complexity index is 340. The molecule has 0 saturated carbocycles. The monoisotopic (exact) mass is 278 g/mol. The van der Waals surface area contributed by atoms with Crippen LogP contribution in [0.1, 0.15) is 26.2 Å². The molecule has 0 spiro atoms. The largest absolute Gasteiger partial charge is 0.469 e. The highest BCUT2D eigenvalue weighted by molar-refractivity contribution is 5.89. The molecule has 0 fully saturated rings. The lowest BCUT2D eigenvalue weighted by Gasteiger charge is -2.23. The maximum atomic E-state index is 11.4. The highest BCUT2D eigenvalue weighted by atomic mass is 16.6. The number of hydrogen-bond acceptors (Lipinski definition) is 8. The van der Waals surface area contributed by atoms with Crippen molar-refractivity contribution in [3.8, 4) is 0 Å². The van der Waals surface area contributed by atoms with E-state index in [2.05, 4.69) is 14.2 Å². The average molecular weight is 278 g/mol. The molecule has 0 radical (unpaired) electrons. The number of ether oxygens (including phenoxy) is 3. The SMILES string of the molecule is CCC(O)OC(=O)CC(O)(CC(=O)OC)C(=O)OC. The molecule has 0 aliphatic carbocycles. The van der Waals surface area contributed by atoms with Crippen LogP contribution in [0.25, 0.3) is 0 Å². The van der Waals surface area contributed by atoms with Crippen molar-refractivity contribution >= 4 is 17.9 Å². The first-order chi connectivity index (χ1) is 8.78. The number of esters is 3. The van der Waals surface area contributed by atoms with Crippen molar-refractivity contribution in [2.75, 3.05) is 14.2 Å². The standard InChI is InChI=1S/C11H18O8/c1-4-7(12)19-9(14)6-11(16,10(15)18-3)5-8(13)17-2/h7,12,16H,4-6H2,1-3H3. The number of rotatable bonds is 7. The van der Waals surface area contributed by atoms with E-state index in [1.165, 1.54) is 0 Å². The molecular weight excluding hydrogens is 260 g/mol. The molecule has 2 unspecified atom stereocenters. The van der Waals surface area contributed by atoms with Crippen LogP contribution in [0.3, 0.4) is 0 Å². The zero-order chi connectivity index (χ0) is 15.1. The van der Waals surface area contributed by atoms with Gasteiger partial charge in [-0.15, -0.1) is 0 Å². The molecule has 0 rings (SSSR count). The third-order valence-corrected chi connectivity index (χ3v) is 2.28. The van der Waals surface area contributed by atoms with E-state index in [0.717, 1.165) is 14.2 Å². The van der Waals surface area contributed by atoms with Crippen molar-refractivity contribution in [3.63, 3.8) is 0 Å². The number of carbonyl (C=O) groups excluding carboxylic acids is 3. The summed E-state index contributed by atoms with van der Waals surface area (Å²) in [6, 6.07) is 0. The van der Waals surface area contributed by atoms with Gasteiger partial charge in [0.1, 0.15) is 0 Å². The maximum Gasteiger partial charge on any atom is 0.339 e. The van der Waals surface area contributed by atoms with E-state index in [1.54, 1.807) is 6.92 Å². The summed E-state index contributed by atoms with van der Waals surface area (Å²) < 4.78 is 13.1. The molecule has 110 valence electrons. The topological polar surface area (TPSA) is 119 Å². The molecule has 0 amide bonds. The lowest BCUT2D eigenvalue weighted by Crippen LogP contribution is -2.44. The molecule has 0 aliphatic heterocycles. The number of aliphatic hydroxyl groups is 2. The van der Waals surface area contributed by atoms with E-state index in [-0.39, 0.29) is 6.42 Å². The maximum absolute atomic E-state index is 11.4. The van der Waals surface area contributed by atoms with Gasteiger partial charge in [0.15, 0.2) is 11.9 Å². The van der Waals surface area contributed by atoms with E-state index in [0.29, 0.717) is 0 Å². The van der Waals surface area contributed by atoms with Crippen molar-refractivity contribution in [1.29, 1.82) is 0 Å². The molecule has 2 atom stereocenters. The fourth-order valence-electron chi connectivity index (χ4n) is 1.22. The van der Waals surface area contributed by atoms with Gasteiger partial charge in [-0.05, 0) is 0 Å². The molecule has 0 aromatic heterocycles. The Morgan fingerprint density at radius 1 is 1.11 bits per heavy atom. The lowest BCUT2D eigenvalue weighted by atomic mass is 9.95. The predicted molar refractivity (Wildman–Crippen MR) is 60.6 cm³/mol. The molecule has 0 aliphatic rings. The zero-order valence-corrected chi connectivity index (χ0v) is 11.0. The summed E-state index contributed by atoms with van der Waals surface area (Å²) in [5, 5.41) is 19.1. The fourth-order valence-corrected chi connectivity index (χ4v) is 1.22. The van der Waals surface area contributed by atoms with Crippen LogP contribution >= 0.6 is 0 Å². The molecule has 0 bridgehead atoms. The van der Waals surface area contributed by atoms with Crippen LogP contribution in [0.4, 0.5) is 0 Å². The molecule has 2 N–H and O–H groups in total. The molecule has 0 saturated heterocycles. The predicted octanol–water partition coefficient (Wildman–Crippen LogP) is -0.885. The van der Waals surface area contributed by atoms with Crippen LogP contribution in [0.5, 0.6) is 0 Å². The van der Waals surface area contributed by atoms with E-state index in [4.69, 9.17) is 5.11 Å². The van der Waals surface area contributed by atoms with E-state index in [1.807, 2.05) is 0 Å². The van der Waals surface area contributed by atoms with Crippen molar-refractivity contribution in [2.45, 2.75) is 38.1 Å². The second kappa shape index (κ2) is 7.70. The minimum atomic E-state index is -2.38. The first kappa shape index (κ1) is 17.3. The summed E-state index contributed by atoms with van der Waals surface area (Å²) in [6.07, 6.45) is -2.77. The highest BCUT2D eigenvalue weighted by Crippen LogP contribution is 2.19. The normalized spacial score (nSPS) is 15.0. The quantitative estimate of drug-likeness (QED) is 0.350. The minimum Gasteiger partial charge on any atom is -0.469 e. The average Bonchev–Trinajstić information content (AvgIpc) is 2.36. The summed E-state index contributed by atoms with van der Waals surface area (Å²) in [4.78, 5) is 34.0. The Labute approximate surface area is 110 Å². The summed E-state index contributed by atoms with van der Waals surface area (Å²) >= 11 is 0. The minimum absolute atomic E-state index is 0.152. The van der Waals surface area contributed by atoms with Gasteiger partial charge in [0.25, 0.3) is 0 Å². The van der Waals surface area contributed by atoms with Crippen molar-refractivity contribution in [1.82, 2.24) is 0 Å². The van der Waals surface area contributed by atoms with Crippen molar-refractivity contribution in [3.05, 3.63) is 0 Å². The first-order valence-electron chi connectivity index (χ1n) is 5.54.